The Morgan fingerprint density at radius 3 is 0.951 bits per heavy atom. The van der Waals surface area contributed by atoms with Crippen molar-refractivity contribution in [2.75, 3.05) is 13.2 Å². The molecule has 0 saturated carbocycles. The van der Waals surface area contributed by atoms with Gasteiger partial charge in [-0.05, 0) is 83.5 Å². The Hall–Kier alpha value is -1.92. The molecule has 6 heteroatoms. The third-order valence-electron chi connectivity index (χ3n) is 17.4. The van der Waals surface area contributed by atoms with Gasteiger partial charge in [-0.25, -0.2) is 0 Å². The molecule has 2 atom stereocenters. The lowest BCUT2D eigenvalue weighted by molar-refractivity contribution is -0.143. The number of nitrogens with one attached hydrogen (secondary N) is 1. The summed E-state index contributed by atoms with van der Waals surface area (Å²) in [6, 6.07) is -0.546. The van der Waals surface area contributed by atoms with E-state index in [-0.39, 0.29) is 18.5 Å². The minimum absolute atomic E-state index is 0.00199. The summed E-state index contributed by atoms with van der Waals surface area (Å²) in [6.45, 7) is 4.97. The number of esters is 1. The number of rotatable bonds is 70. The van der Waals surface area contributed by atoms with Gasteiger partial charge < -0.3 is 20.3 Å². The number of amides is 1. The fraction of sp³-hybridized carbons (Fsp3) is 0.895. The summed E-state index contributed by atoms with van der Waals surface area (Å²) in [5.74, 6) is -0.0314. The summed E-state index contributed by atoms with van der Waals surface area (Å²) in [5, 5.41) is 23.5. The number of carbonyl (C=O) groups excluding carboxylic acids is 2. The average molecular weight is 1150 g/mol. The summed E-state index contributed by atoms with van der Waals surface area (Å²) in [6.07, 6.45) is 92.1. The summed E-state index contributed by atoms with van der Waals surface area (Å²) in [4.78, 5) is 24.6. The van der Waals surface area contributed by atoms with Crippen molar-refractivity contribution in [3.63, 3.8) is 0 Å². The van der Waals surface area contributed by atoms with Gasteiger partial charge in [0.2, 0.25) is 5.91 Å². The minimum atomic E-state index is -0.669. The highest BCUT2D eigenvalue weighted by Gasteiger charge is 2.20. The topological polar surface area (TPSA) is 95.9 Å². The maximum Gasteiger partial charge on any atom is 0.305 e. The summed E-state index contributed by atoms with van der Waals surface area (Å²) in [5.41, 5.74) is 0. The number of allylic oxidation sites excluding steroid dienone is 6. The Kier molecular flexibility index (Phi) is 69.9. The molecule has 484 valence electrons. The van der Waals surface area contributed by atoms with Gasteiger partial charge in [0.1, 0.15) is 0 Å². The highest BCUT2D eigenvalue weighted by molar-refractivity contribution is 5.76. The Balaban J connectivity index is 3.42. The molecule has 0 radical (unpaired) electrons. The van der Waals surface area contributed by atoms with Crippen molar-refractivity contribution in [1.29, 1.82) is 0 Å². The minimum Gasteiger partial charge on any atom is -0.466 e. The van der Waals surface area contributed by atoms with Crippen LogP contribution in [0, 0.1) is 0 Å². The van der Waals surface area contributed by atoms with Crippen molar-refractivity contribution in [2.24, 2.45) is 0 Å². The Morgan fingerprint density at radius 2 is 0.610 bits per heavy atom. The number of aliphatic hydroxyl groups is 2. The van der Waals surface area contributed by atoms with Crippen LogP contribution in [0.25, 0.3) is 0 Å². The molecule has 0 aromatic rings. The molecule has 3 N–H and O–H groups in total. The lowest BCUT2D eigenvalue weighted by atomic mass is 10.0. The normalized spacial score (nSPS) is 12.7. The van der Waals surface area contributed by atoms with Gasteiger partial charge in [-0.1, -0.05) is 352 Å². The zero-order chi connectivity index (χ0) is 59.2. The Morgan fingerprint density at radius 1 is 0.341 bits per heavy atom. The van der Waals surface area contributed by atoms with E-state index in [1.165, 1.54) is 327 Å². The van der Waals surface area contributed by atoms with Crippen LogP contribution in [0.15, 0.2) is 36.5 Å². The fourth-order valence-corrected chi connectivity index (χ4v) is 11.7. The van der Waals surface area contributed by atoms with Gasteiger partial charge in [0.05, 0.1) is 25.4 Å². The first-order chi connectivity index (χ1) is 40.5. The Bertz CT molecular complexity index is 1330. The van der Waals surface area contributed by atoms with Gasteiger partial charge in [0.15, 0.2) is 0 Å². The molecule has 0 fully saturated rings. The van der Waals surface area contributed by atoms with Crippen LogP contribution in [0.1, 0.15) is 412 Å². The summed E-state index contributed by atoms with van der Waals surface area (Å²) in [7, 11) is 0. The molecule has 0 aliphatic carbocycles. The van der Waals surface area contributed by atoms with Crippen LogP contribution < -0.4 is 5.32 Å². The first-order valence-electron chi connectivity index (χ1n) is 37.2. The van der Waals surface area contributed by atoms with Crippen LogP contribution in [-0.4, -0.2) is 47.4 Å². The number of hydrogen-bond donors (Lipinski definition) is 3. The lowest BCUT2D eigenvalue weighted by Gasteiger charge is -2.22. The summed E-state index contributed by atoms with van der Waals surface area (Å²) >= 11 is 0. The van der Waals surface area contributed by atoms with Gasteiger partial charge in [-0.3, -0.25) is 9.59 Å². The molecule has 6 nitrogen and oxygen atoms in total. The quantitative estimate of drug-likeness (QED) is 0.0320. The van der Waals surface area contributed by atoms with Crippen LogP contribution in [0.3, 0.4) is 0 Å². The van der Waals surface area contributed by atoms with Crippen molar-refractivity contribution in [1.82, 2.24) is 5.32 Å². The van der Waals surface area contributed by atoms with Crippen molar-refractivity contribution in [3.05, 3.63) is 36.5 Å². The molecule has 0 bridgehead atoms. The second-order valence-electron chi connectivity index (χ2n) is 25.6. The van der Waals surface area contributed by atoms with E-state index in [2.05, 4.69) is 55.6 Å². The molecule has 0 aromatic heterocycles. The van der Waals surface area contributed by atoms with Crippen molar-refractivity contribution in [3.8, 4) is 0 Å². The third-order valence-corrected chi connectivity index (χ3v) is 17.4. The zero-order valence-electron chi connectivity index (χ0n) is 55.5. The molecule has 0 aromatic carbocycles. The molecular weight excluding hydrogens is 1010 g/mol. The second-order valence-corrected chi connectivity index (χ2v) is 25.6. The Labute approximate surface area is 513 Å². The van der Waals surface area contributed by atoms with E-state index in [0.717, 1.165) is 51.4 Å². The fourth-order valence-electron chi connectivity index (χ4n) is 11.7. The van der Waals surface area contributed by atoms with E-state index < -0.39 is 12.1 Å². The second kappa shape index (κ2) is 71.6. The molecular formula is C76H145NO5. The zero-order valence-corrected chi connectivity index (χ0v) is 55.5. The SMILES string of the molecule is CCCCCC/C=C\CCCCCCCC(=O)OCCCCCCCCCCC/C=C\C/C=C\CCCCCCCCCCCCCC(=O)NC(CO)C(O)CCCCCCCCCCCCCCCCCCCCCCCCCCC. The van der Waals surface area contributed by atoms with E-state index in [9.17, 15) is 19.8 Å². The monoisotopic (exact) mass is 1150 g/mol. The summed E-state index contributed by atoms with van der Waals surface area (Å²) < 4.78 is 5.48. The number of unbranched alkanes of at least 4 members (excludes halogenated alkanes) is 53. The van der Waals surface area contributed by atoms with Crippen LogP contribution in [0.2, 0.25) is 0 Å². The predicted molar refractivity (Wildman–Crippen MR) is 361 cm³/mol. The van der Waals surface area contributed by atoms with Gasteiger partial charge in [-0.2, -0.15) is 0 Å². The van der Waals surface area contributed by atoms with Gasteiger partial charge in [0, 0.05) is 12.8 Å². The van der Waals surface area contributed by atoms with E-state index in [1.54, 1.807) is 0 Å². The number of carbonyl (C=O) groups is 2. The van der Waals surface area contributed by atoms with Crippen LogP contribution in [-0.2, 0) is 14.3 Å². The first kappa shape index (κ1) is 80.1. The predicted octanol–water partition coefficient (Wildman–Crippen LogP) is 24.3. The first-order valence-corrected chi connectivity index (χ1v) is 37.2. The maximum atomic E-state index is 12.6. The molecule has 2 unspecified atom stereocenters. The molecule has 0 saturated heterocycles. The molecule has 1 amide bonds. The number of aliphatic hydroxyl groups excluding tert-OH is 2. The molecule has 0 spiro atoms. The maximum absolute atomic E-state index is 12.6. The standard InChI is InChI=1S/C76H145NO5/c1-3-5-7-9-11-13-15-17-18-19-20-21-22-26-29-32-35-38-41-45-48-52-56-60-64-68-74(79)73(72-78)77-75(80)69-65-61-57-53-49-46-42-39-36-33-30-27-24-23-25-28-31-34-37-40-43-47-51-55-59-63-67-71-82-76(81)70-66-62-58-54-50-44-16-14-12-10-8-6-4-2/h14,16,23-24,28,31,73-74,78-79H,3-13,15,17-22,25-27,29-30,32-72H2,1-2H3,(H,77,80)/b16-14-,24-23-,31-28-. The van der Waals surface area contributed by atoms with E-state index in [4.69, 9.17) is 4.74 Å². The molecule has 0 rings (SSSR count). The lowest BCUT2D eigenvalue weighted by Crippen LogP contribution is -2.45. The molecule has 0 aliphatic rings. The number of ether oxygens (including phenoxy) is 1. The van der Waals surface area contributed by atoms with E-state index in [0.29, 0.717) is 25.9 Å². The highest BCUT2D eigenvalue weighted by Crippen LogP contribution is 2.19. The molecule has 0 heterocycles. The van der Waals surface area contributed by atoms with Crippen molar-refractivity contribution < 1.29 is 24.5 Å². The highest BCUT2D eigenvalue weighted by atomic mass is 16.5. The molecule has 0 aliphatic heterocycles. The van der Waals surface area contributed by atoms with Crippen LogP contribution >= 0.6 is 0 Å². The van der Waals surface area contributed by atoms with Crippen LogP contribution in [0.4, 0.5) is 0 Å². The van der Waals surface area contributed by atoms with E-state index >= 15 is 0 Å². The van der Waals surface area contributed by atoms with Gasteiger partial charge in [0.25, 0.3) is 0 Å². The average Bonchev–Trinajstić information content (AvgIpc) is 3.48. The molecule has 82 heavy (non-hydrogen) atoms. The third kappa shape index (κ3) is 67.2. The number of hydrogen-bond acceptors (Lipinski definition) is 5. The van der Waals surface area contributed by atoms with Crippen molar-refractivity contribution >= 4 is 11.9 Å². The van der Waals surface area contributed by atoms with Gasteiger partial charge >= 0.3 is 5.97 Å². The smallest absolute Gasteiger partial charge is 0.305 e. The van der Waals surface area contributed by atoms with Crippen molar-refractivity contribution in [2.45, 2.75) is 424 Å². The van der Waals surface area contributed by atoms with E-state index in [1.807, 2.05) is 0 Å². The largest absolute Gasteiger partial charge is 0.466 e. The van der Waals surface area contributed by atoms with Gasteiger partial charge in [-0.15, -0.1) is 0 Å². The van der Waals surface area contributed by atoms with Crippen LogP contribution in [0.5, 0.6) is 0 Å².